The third kappa shape index (κ3) is 5.35. The van der Waals surface area contributed by atoms with Gasteiger partial charge in [-0.15, -0.1) is 11.3 Å². The lowest BCUT2D eigenvalue weighted by Crippen LogP contribution is -2.41. The van der Waals surface area contributed by atoms with E-state index in [1.807, 2.05) is 38.1 Å². The van der Waals surface area contributed by atoms with E-state index in [0.717, 1.165) is 32.3 Å². The molecule has 0 radical (unpaired) electrons. The topological polar surface area (TPSA) is 92.8 Å². The summed E-state index contributed by atoms with van der Waals surface area (Å²) >= 11 is 0.971. The van der Waals surface area contributed by atoms with Crippen molar-refractivity contribution >= 4 is 38.9 Å². The Hall–Kier alpha value is -3.17. The number of carbonyl (C=O) groups excluding carboxylic acids is 2. The van der Waals surface area contributed by atoms with E-state index in [1.165, 1.54) is 18.6 Å². The Morgan fingerprint density at radius 3 is 2.16 bits per heavy atom. The summed E-state index contributed by atoms with van der Waals surface area (Å²) in [5.41, 5.74) is 3.28. The zero-order valence-corrected chi connectivity index (χ0v) is 19.6. The second-order valence-corrected chi connectivity index (χ2v) is 9.96. The summed E-state index contributed by atoms with van der Waals surface area (Å²) in [6.45, 7) is 3.69. The number of thiophene rings is 1. The largest absolute Gasteiger partial charge is 0.465 e. The lowest BCUT2D eigenvalue weighted by molar-refractivity contribution is -0.119. The van der Waals surface area contributed by atoms with Crippen molar-refractivity contribution in [1.82, 2.24) is 5.32 Å². The molecule has 0 spiro atoms. The fourth-order valence-corrected chi connectivity index (χ4v) is 5.71. The van der Waals surface area contributed by atoms with Gasteiger partial charge in [0, 0.05) is 6.54 Å². The van der Waals surface area contributed by atoms with Gasteiger partial charge in [0.1, 0.15) is 16.3 Å². The molecule has 32 heavy (non-hydrogen) atoms. The molecule has 2 aromatic carbocycles. The first-order chi connectivity index (χ1) is 15.2. The maximum atomic E-state index is 13.5. The van der Waals surface area contributed by atoms with E-state index in [4.69, 9.17) is 4.74 Å². The van der Waals surface area contributed by atoms with Crippen molar-refractivity contribution in [2.75, 3.05) is 18.0 Å². The molecule has 0 bridgehead atoms. The molecule has 9 heteroatoms. The number of rotatable bonds is 8. The van der Waals surface area contributed by atoms with E-state index >= 15 is 0 Å². The molecule has 0 aliphatic carbocycles. The predicted molar refractivity (Wildman–Crippen MR) is 124 cm³/mol. The van der Waals surface area contributed by atoms with Crippen LogP contribution >= 0.6 is 11.3 Å². The fourth-order valence-electron chi connectivity index (χ4n) is 2.98. The Balaban J connectivity index is 1.89. The summed E-state index contributed by atoms with van der Waals surface area (Å²) in [4.78, 5) is 24.6. The summed E-state index contributed by atoms with van der Waals surface area (Å²) in [5.74, 6) is -1.21. The van der Waals surface area contributed by atoms with Gasteiger partial charge < -0.3 is 10.1 Å². The molecule has 0 saturated carbocycles. The van der Waals surface area contributed by atoms with Gasteiger partial charge in [0.15, 0.2) is 0 Å². The van der Waals surface area contributed by atoms with Crippen molar-refractivity contribution in [2.45, 2.75) is 25.3 Å². The number of carbonyl (C=O) groups is 2. The van der Waals surface area contributed by atoms with Crippen molar-refractivity contribution in [3.05, 3.63) is 81.5 Å². The molecule has 0 aliphatic rings. The molecule has 0 saturated heterocycles. The second kappa shape index (κ2) is 9.97. The molecular formula is C23H24N2O5S2. The van der Waals surface area contributed by atoms with Crippen molar-refractivity contribution in [2.24, 2.45) is 0 Å². The van der Waals surface area contributed by atoms with Crippen LogP contribution in [0.25, 0.3) is 0 Å². The van der Waals surface area contributed by atoms with Gasteiger partial charge in [0.25, 0.3) is 10.0 Å². The van der Waals surface area contributed by atoms with E-state index in [-0.39, 0.29) is 16.3 Å². The van der Waals surface area contributed by atoms with Crippen LogP contribution in [0.1, 0.15) is 26.4 Å². The zero-order chi connectivity index (χ0) is 23.3. The minimum Gasteiger partial charge on any atom is -0.465 e. The normalized spacial score (nSPS) is 11.1. The molecule has 3 rings (SSSR count). The predicted octanol–water partition coefficient (Wildman–Crippen LogP) is 3.66. The van der Waals surface area contributed by atoms with Crippen LogP contribution in [0.3, 0.4) is 0 Å². The van der Waals surface area contributed by atoms with Gasteiger partial charge in [-0.3, -0.25) is 9.10 Å². The number of anilines is 1. The maximum absolute atomic E-state index is 13.5. The average molecular weight is 473 g/mol. The number of nitrogens with zero attached hydrogens (tertiary/aromatic N) is 1. The van der Waals surface area contributed by atoms with Crippen LogP contribution < -0.4 is 9.62 Å². The van der Waals surface area contributed by atoms with Crippen LogP contribution in [0.5, 0.6) is 0 Å². The van der Waals surface area contributed by atoms with Gasteiger partial charge in [-0.1, -0.05) is 47.5 Å². The highest BCUT2D eigenvalue weighted by molar-refractivity contribution is 7.93. The van der Waals surface area contributed by atoms with Crippen molar-refractivity contribution in [1.29, 1.82) is 0 Å². The monoisotopic (exact) mass is 472 g/mol. The molecule has 0 fully saturated rings. The number of amides is 1. The number of benzene rings is 2. The molecule has 1 N–H and O–H groups in total. The molecule has 7 nitrogen and oxygen atoms in total. The molecule has 1 amide bonds. The zero-order valence-electron chi connectivity index (χ0n) is 18.0. The second-order valence-electron chi connectivity index (χ2n) is 7.22. The molecule has 0 atom stereocenters. The molecule has 0 unspecified atom stereocenters. The van der Waals surface area contributed by atoms with Crippen LogP contribution in [0.2, 0.25) is 0 Å². The van der Waals surface area contributed by atoms with E-state index in [1.54, 1.807) is 24.3 Å². The highest BCUT2D eigenvalue weighted by atomic mass is 32.2. The quantitative estimate of drug-likeness (QED) is 0.505. The van der Waals surface area contributed by atoms with E-state index in [9.17, 15) is 18.0 Å². The van der Waals surface area contributed by atoms with E-state index in [2.05, 4.69) is 5.32 Å². The molecule has 3 aromatic rings. The molecule has 0 aliphatic heterocycles. The standard InChI is InChI=1S/C23H24N2O5S2/c1-16-4-8-18(9-5-16)14-24-21(26)15-25(19-10-6-17(2)7-11-19)32(28,29)20-12-13-31-22(20)23(27)30-3/h4-13H,14-15H2,1-3H3,(H,24,26). The third-order valence-corrected chi connectivity index (χ3v) is 7.63. The SMILES string of the molecule is COC(=O)c1sccc1S(=O)(=O)N(CC(=O)NCc1ccc(C)cc1)c1ccc(C)cc1. The van der Waals surface area contributed by atoms with Crippen LogP contribution in [-0.4, -0.2) is 33.9 Å². The van der Waals surface area contributed by atoms with Gasteiger partial charge >= 0.3 is 5.97 Å². The van der Waals surface area contributed by atoms with E-state index < -0.39 is 28.4 Å². The lowest BCUT2D eigenvalue weighted by atomic mass is 10.1. The molecule has 1 aromatic heterocycles. The van der Waals surface area contributed by atoms with Gasteiger partial charge in [0.05, 0.1) is 12.8 Å². The highest BCUT2D eigenvalue weighted by Crippen LogP contribution is 2.29. The van der Waals surface area contributed by atoms with Crippen molar-refractivity contribution < 1.29 is 22.7 Å². The Labute approximate surface area is 191 Å². The van der Waals surface area contributed by atoms with Crippen LogP contribution in [0.15, 0.2) is 64.9 Å². The van der Waals surface area contributed by atoms with Crippen molar-refractivity contribution in [3.8, 4) is 0 Å². The van der Waals surface area contributed by atoms with Crippen molar-refractivity contribution in [3.63, 3.8) is 0 Å². The Morgan fingerprint density at radius 1 is 0.969 bits per heavy atom. The summed E-state index contributed by atoms with van der Waals surface area (Å²) in [5, 5.41) is 4.27. The Bertz CT molecular complexity index is 1200. The number of aryl methyl sites for hydroxylation is 2. The highest BCUT2D eigenvalue weighted by Gasteiger charge is 2.32. The smallest absolute Gasteiger partial charge is 0.349 e. The van der Waals surface area contributed by atoms with Gasteiger partial charge in [-0.2, -0.15) is 0 Å². The molecule has 1 heterocycles. The van der Waals surface area contributed by atoms with E-state index in [0.29, 0.717) is 5.69 Å². The first-order valence-corrected chi connectivity index (χ1v) is 12.1. The molecular weight excluding hydrogens is 448 g/mol. The maximum Gasteiger partial charge on any atom is 0.349 e. The first kappa shape index (κ1) is 23.5. The minimum absolute atomic E-state index is 0.0373. The minimum atomic E-state index is -4.21. The summed E-state index contributed by atoms with van der Waals surface area (Å²) in [6.07, 6.45) is 0. The third-order valence-electron chi connectivity index (χ3n) is 4.79. The van der Waals surface area contributed by atoms with Gasteiger partial charge in [-0.25, -0.2) is 13.2 Å². The number of methoxy groups -OCH3 is 1. The van der Waals surface area contributed by atoms with Crippen LogP contribution in [0, 0.1) is 13.8 Å². The Morgan fingerprint density at radius 2 is 1.56 bits per heavy atom. The fraction of sp³-hybridized carbons (Fsp3) is 0.217. The summed E-state index contributed by atoms with van der Waals surface area (Å²) in [6, 6.07) is 15.8. The first-order valence-electron chi connectivity index (χ1n) is 9.80. The Kier molecular flexibility index (Phi) is 7.32. The molecule has 168 valence electrons. The van der Waals surface area contributed by atoms with Crippen LogP contribution in [-0.2, 0) is 26.1 Å². The van der Waals surface area contributed by atoms with Gasteiger partial charge in [0.2, 0.25) is 5.91 Å². The number of sulfonamides is 1. The lowest BCUT2D eigenvalue weighted by Gasteiger charge is -2.24. The van der Waals surface area contributed by atoms with Gasteiger partial charge in [-0.05, 0) is 43.0 Å². The van der Waals surface area contributed by atoms with Crippen LogP contribution in [0.4, 0.5) is 5.69 Å². The number of hydrogen-bond acceptors (Lipinski definition) is 6. The number of esters is 1. The summed E-state index contributed by atoms with van der Waals surface area (Å²) in [7, 11) is -3.02. The number of nitrogens with one attached hydrogen (secondary N) is 1. The number of hydrogen-bond donors (Lipinski definition) is 1. The average Bonchev–Trinajstić information content (AvgIpc) is 3.28. The summed E-state index contributed by atoms with van der Waals surface area (Å²) < 4.78 is 32.7. The number of ether oxygens (including phenoxy) is 1.